The van der Waals surface area contributed by atoms with E-state index in [0.717, 1.165) is 6.54 Å². The third-order valence-corrected chi connectivity index (χ3v) is 4.49. The summed E-state index contributed by atoms with van der Waals surface area (Å²) in [5, 5.41) is 5.14. The number of hydrogen-bond donors (Lipinski definition) is 1. The summed E-state index contributed by atoms with van der Waals surface area (Å²) in [6, 6.07) is 4.71. The number of aromatic nitrogens is 1. The van der Waals surface area contributed by atoms with Crippen molar-refractivity contribution in [2.75, 3.05) is 11.9 Å². The number of hydrogen-bond acceptors (Lipinski definition) is 1. The highest BCUT2D eigenvalue weighted by molar-refractivity contribution is 5.96. The van der Waals surface area contributed by atoms with E-state index in [4.69, 9.17) is 0 Å². The predicted molar refractivity (Wildman–Crippen MR) is 76.4 cm³/mol. The monoisotopic (exact) mass is 240 g/mol. The summed E-state index contributed by atoms with van der Waals surface area (Å²) in [6.07, 6.45) is 6.53. The lowest BCUT2D eigenvalue weighted by Gasteiger charge is -2.15. The second-order valence-corrected chi connectivity index (χ2v) is 5.77. The minimum Gasteiger partial charge on any atom is -0.383 e. The smallest absolute Gasteiger partial charge is 0.0721 e. The Morgan fingerprint density at radius 3 is 2.94 bits per heavy atom. The zero-order valence-electron chi connectivity index (χ0n) is 11.1. The number of nitrogens with one attached hydrogen (secondary N) is 1. The van der Waals surface area contributed by atoms with Crippen molar-refractivity contribution in [3.8, 4) is 0 Å². The summed E-state index contributed by atoms with van der Waals surface area (Å²) < 4.78 is 2.61. The van der Waals surface area contributed by atoms with E-state index in [1.165, 1.54) is 60.8 Å². The van der Waals surface area contributed by atoms with Gasteiger partial charge in [0.05, 0.1) is 11.2 Å². The molecule has 0 bridgehead atoms. The van der Waals surface area contributed by atoms with Gasteiger partial charge in [0.25, 0.3) is 0 Å². The van der Waals surface area contributed by atoms with Gasteiger partial charge in [-0.05, 0) is 62.3 Å². The number of nitrogens with zero attached hydrogens (tertiary/aromatic N) is 1. The summed E-state index contributed by atoms with van der Waals surface area (Å²) in [5.41, 5.74) is 7.50. The average Bonchev–Trinajstić information content (AvgIpc) is 2.55. The Kier molecular flexibility index (Phi) is 2.20. The fourth-order valence-electron chi connectivity index (χ4n) is 3.75. The second kappa shape index (κ2) is 3.78. The molecule has 1 N–H and O–H groups in total. The number of benzene rings is 1. The SMILES string of the molecule is Cc1cc2c3c(c1)c1c(n3CCCN2)CCCC1. The maximum absolute atomic E-state index is 3.62. The van der Waals surface area contributed by atoms with Crippen LogP contribution in [0.5, 0.6) is 0 Å². The Balaban J connectivity index is 2.12. The Morgan fingerprint density at radius 1 is 1.11 bits per heavy atom. The van der Waals surface area contributed by atoms with Crippen LogP contribution in [-0.2, 0) is 19.4 Å². The van der Waals surface area contributed by atoms with Crippen molar-refractivity contribution < 1.29 is 0 Å². The first-order valence-corrected chi connectivity index (χ1v) is 7.23. The Morgan fingerprint density at radius 2 is 2.00 bits per heavy atom. The Bertz CT molecular complexity index is 622. The van der Waals surface area contributed by atoms with Gasteiger partial charge in [-0.1, -0.05) is 0 Å². The molecule has 2 aliphatic rings. The van der Waals surface area contributed by atoms with Gasteiger partial charge in [0.2, 0.25) is 0 Å². The molecule has 2 aromatic rings. The first-order valence-electron chi connectivity index (χ1n) is 7.23. The van der Waals surface area contributed by atoms with Crippen molar-refractivity contribution >= 4 is 16.6 Å². The highest BCUT2D eigenvalue weighted by Gasteiger charge is 2.23. The summed E-state index contributed by atoms with van der Waals surface area (Å²) >= 11 is 0. The van der Waals surface area contributed by atoms with Crippen molar-refractivity contribution in [2.45, 2.75) is 45.6 Å². The quantitative estimate of drug-likeness (QED) is 0.744. The summed E-state index contributed by atoms with van der Waals surface area (Å²) in [5.74, 6) is 0. The van der Waals surface area contributed by atoms with Gasteiger partial charge < -0.3 is 9.88 Å². The lowest BCUT2D eigenvalue weighted by molar-refractivity contribution is 0.605. The standard InChI is InChI=1S/C16H20N2/c1-11-9-13-12-5-2-3-6-15(12)18-8-4-7-17-14(10-11)16(13)18/h9-10,17H,2-8H2,1H3. The summed E-state index contributed by atoms with van der Waals surface area (Å²) in [6.45, 7) is 4.51. The maximum atomic E-state index is 3.62. The largest absolute Gasteiger partial charge is 0.383 e. The van der Waals surface area contributed by atoms with Crippen LogP contribution in [0.3, 0.4) is 0 Å². The fraction of sp³-hybridized carbons (Fsp3) is 0.500. The van der Waals surface area contributed by atoms with Crippen molar-refractivity contribution in [3.05, 3.63) is 29.0 Å². The molecule has 2 heterocycles. The third kappa shape index (κ3) is 1.35. The topological polar surface area (TPSA) is 17.0 Å². The minimum atomic E-state index is 1.11. The van der Waals surface area contributed by atoms with Gasteiger partial charge in [0.1, 0.15) is 0 Å². The van der Waals surface area contributed by atoms with Gasteiger partial charge >= 0.3 is 0 Å². The van der Waals surface area contributed by atoms with E-state index in [0.29, 0.717) is 0 Å². The molecule has 0 atom stereocenters. The average molecular weight is 240 g/mol. The van der Waals surface area contributed by atoms with Crippen LogP contribution >= 0.6 is 0 Å². The number of fused-ring (bicyclic) bond motifs is 3. The van der Waals surface area contributed by atoms with Crippen molar-refractivity contribution in [1.82, 2.24) is 4.57 Å². The van der Waals surface area contributed by atoms with Crippen LogP contribution in [0, 0.1) is 6.92 Å². The van der Waals surface area contributed by atoms with Gasteiger partial charge in [-0.2, -0.15) is 0 Å². The van der Waals surface area contributed by atoms with E-state index in [2.05, 4.69) is 28.9 Å². The van der Waals surface area contributed by atoms with E-state index in [1.54, 1.807) is 11.3 Å². The van der Waals surface area contributed by atoms with E-state index < -0.39 is 0 Å². The van der Waals surface area contributed by atoms with E-state index >= 15 is 0 Å². The molecule has 0 fully saturated rings. The van der Waals surface area contributed by atoms with Crippen LogP contribution in [0.4, 0.5) is 5.69 Å². The van der Waals surface area contributed by atoms with Gasteiger partial charge in [-0.25, -0.2) is 0 Å². The molecule has 0 saturated carbocycles. The van der Waals surface area contributed by atoms with Crippen molar-refractivity contribution in [2.24, 2.45) is 0 Å². The molecule has 1 aliphatic carbocycles. The molecule has 4 rings (SSSR count). The molecule has 0 saturated heterocycles. The Labute approximate surface area is 108 Å². The summed E-state index contributed by atoms with van der Waals surface area (Å²) in [7, 11) is 0. The minimum absolute atomic E-state index is 1.11. The molecular formula is C16H20N2. The van der Waals surface area contributed by atoms with Gasteiger partial charge in [0.15, 0.2) is 0 Å². The van der Waals surface area contributed by atoms with Crippen LogP contribution in [0.15, 0.2) is 12.1 Å². The molecule has 1 aromatic heterocycles. The predicted octanol–water partition coefficient (Wildman–Crippen LogP) is 3.64. The van der Waals surface area contributed by atoms with Gasteiger partial charge in [-0.3, -0.25) is 0 Å². The molecule has 0 amide bonds. The van der Waals surface area contributed by atoms with Crippen molar-refractivity contribution in [1.29, 1.82) is 0 Å². The molecule has 1 aromatic carbocycles. The number of rotatable bonds is 0. The van der Waals surface area contributed by atoms with Crippen LogP contribution in [-0.4, -0.2) is 11.1 Å². The molecule has 2 heteroatoms. The third-order valence-electron chi connectivity index (χ3n) is 4.49. The molecule has 0 radical (unpaired) electrons. The van der Waals surface area contributed by atoms with Crippen LogP contribution in [0.25, 0.3) is 10.9 Å². The van der Waals surface area contributed by atoms with Gasteiger partial charge in [0, 0.05) is 24.2 Å². The molecule has 0 spiro atoms. The van der Waals surface area contributed by atoms with E-state index in [1.807, 2.05) is 0 Å². The van der Waals surface area contributed by atoms with E-state index in [9.17, 15) is 0 Å². The first kappa shape index (κ1) is 10.5. The van der Waals surface area contributed by atoms with Crippen LogP contribution in [0.2, 0.25) is 0 Å². The lowest BCUT2D eigenvalue weighted by Crippen LogP contribution is -2.08. The molecule has 1 aliphatic heterocycles. The maximum Gasteiger partial charge on any atom is 0.0721 e. The second-order valence-electron chi connectivity index (χ2n) is 5.77. The summed E-state index contributed by atoms with van der Waals surface area (Å²) in [4.78, 5) is 0. The van der Waals surface area contributed by atoms with Gasteiger partial charge in [-0.15, -0.1) is 0 Å². The van der Waals surface area contributed by atoms with Crippen molar-refractivity contribution in [3.63, 3.8) is 0 Å². The van der Waals surface area contributed by atoms with Crippen LogP contribution in [0.1, 0.15) is 36.1 Å². The highest BCUT2D eigenvalue weighted by atomic mass is 15.0. The fourth-order valence-corrected chi connectivity index (χ4v) is 3.75. The number of aryl methyl sites for hydroxylation is 3. The van der Waals surface area contributed by atoms with E-state index in [-0.39, 0.29) is 0 Å². The molecule has 0 unspecified atom stereocenters. The molecule has 18 heavy (non-hydrogen) atoms. The molecule has 94 valence electrons. The first-order chi connectivity index (χ1) is 8.84. The van der Waals surface area contributed by atoms with Crippen LogP contribution < -0.4 is 5.32 Å². The number of anilines is 1. The zero-order valence-corrected chi connectivity index (χ0v) is 11.1. The molecular weight excluding hydrogens is 220 g/mol. The zero-order chi connectivity index (χ0) is 12.1. The lowest BCUT2D eigenvalue weighted by atomic mass is 9.95. The molecule has 2 nitrogen and oxygen atoms in total. The highest BCUT2D eigenvalue weighted by Crippen LogP contribution is 2.37. The normalized spacial score (nSPS) is 18.3. The Hall–Kier alpha value is -1.44.